The monoisotopic (exact) mass is 354 g/mol. The van der Waals surface area contributed by atoms with Crippen LogP contribution in [0.4, 0.5) is 18.9 Å². The fraction of sp³-hybridized carbons (Fsp3) is 0.200. The van der Waals surface area contributed by atoms with Crippen molar-refractivity contribution in [3.05, 3.63) is 27.8 Å². The van der Waals surface area contributed by atoms with Crippen molar-refractivity contribution >= 4 is 39.9 Å². The fourth-order valence-corrected chi connectivity index (χ4v) is 1.92. The van der Waals surface area contributed by atoms with Crippen molar-refractivity contribution in [1.82, 2.24) is 0 Å². The number of anilines is 1. The Labute approximate surface area is 108 Å². The minimum atomic E-state index is -4.55. The van der Waals surface area contributed by atoms with E-state index in [9.17, 15) is 18.0 Å². The molecule has 0 radical (unpaired) electrons. The molecule has 1 aliphatic rings. The van der Waals surface area contributed by atoms with Crippen molar-refractivity contribution < 1.29 is 18.0 Å². The molecule has 0 atom stereocenters. The third-order valence-corrected chi connectivity index (χ3v) is 2.83. The van der Waals surface area contributed by atoms with Gasteiger partial charge in [0.15, 0.2) is 5.71 Å². The Morgan fingerprint density at radius 2 is 2.06 bits per heavy atom. The number of carbonyl (C=O) groups excluding carboxylic acids is 1. The van der Waals surface area contributed by atoms with Crippen molar-refractivity contribution in [3.63, 3.8) is 0 Å². The van der Waals surface area contributed by atoms with E-state index >= 15 is 0 Å². The largest absolute Gasteiger partial charge is 0.431 e. The number of amides is 1. The van der Waals surface area contributed by atoms with Gasteiger partial charge in [0.25, 0.3) is 5.91 Å². The van der Waals surface area contributed by atoms with Gasteiger partial charge in [-0.25, -0.2) is 5.01 Å². The van der Waals surface area contributed by atoms with E-state index in [1.165, 1.54) is 0 Å². The number of halogens is 4. The van der Waals surface area contributed by atoms with Crippen LogP contribution in [-0.2, 0) is 4.79 Å². The van der Waals surface area contributed by atoms with E-state index in [-0.39, 0.29) is 0 Å². The third kappa shape index (κ3) is 2.59. The van der Waals surface area contributed by atoms with E-state index in [0.717, 1.165) is 8.58 Å². The molecule has 0 saturated heterocycles. The van der Waals surface area contributed by atoms with Crippen LogP contribution in [0.25, 0.3) is 0 Å². The first-order chi connectivity index (χ1) is 7.88. The Kier molecular flexibility index (Phi) is 3.11. The molecule has 0 aromatic heterocycles. The summed E-state index contributed by atoms with van der Waals surface area (Å²) < 4.78 is 38.0. The number of hydrogen-bond acceptors (Lipinski definition) is 2. The molecule has 0 bridgehead atoms. The molecule has 2 rings (SSSR count). The summed E-state index contributed by atoms with van der Waals surface area (Å²) in [5.74, 6) is -0.667. The predicted octanol–water partition coefficient (Wildman–Crippen LogP) is 2.95. The maximum absolute atomic E-state index is 12.4. The first kappa shape index (κ1) is 12.3. The maximum atomic E-state index is 12.4. The van der Waals surface area contributed by atoms with Gasteiger partial charge in [-0.3, -0.25) is 4.79 Å². The molecule has 1 aromatic carbocycles. The second-order valence-corrected chi connectivity index (χ2v) is 4.65. The molecule has 0 spiro atoms. The van der Waals surface area contributed by atoms with Gasteiger partial charge in [-0.1, -0.05) is 6.07 Å². The lowest BCUT2D eigenvalue weighted by Crippen LogP contribution is -2.22. The lowest BCUT2D eigenvalue weighted by Gasteiger charge is -2.11. The van der Waals surface area contributed by atoms with Crippen LogP contribution in [0.3, 0.4) is 0 Å². The first-order valence-electron chi connectivity index (χ1n) is 4.61. The van der Waals surface area contributed by atoms with Gasteiger partial charge < -0.3 is 0 Å². The molecule has 3 nitrogen and oxygen atoms in total. The number of rotatable bonds is 1. The highest BCUT2D eigenvalue weighted by Crippen LogP contribution is 2.28. The minimum absolute atomic E-state index is 0.348. The van der Waals surface area contributed by atoms with Gasteiger partial charge in [-0.2, -0.15) is 18.3 Å². The molecule has 1 amide bonds. The molecule has 0 N–H and O–H groups in total. The maximum Gasteiger partial charge on any atom is 0.431 e. The van der Waals surface area contributed by atoms with Crippen LogP contribution in [0, 0.1) is 3.57 Å². The molecule has 1 aromatic rings. The van der Waals surface area contributed by atoms with Crippen LogP contribution in [0.1, 0.15) is 6.42 Å². The van der Waals surface area contributed by atoms with Gasteiger partial charge >= 0.3 is 6.18 Å². The van der Waals surface area contributed by atoms with Crippen molar-refractivity contribution in [2.24, 2.45) is 5.10 Å². The van der Waals surface area contributed by atoms with Gasteiger partial charge in [0.1, 0.15) is 0 Å². The lowest BCUT2D eigenvalue weighted by atomic mass is 10.2. The molecule has 90 valence electrons. The second-order valence-electron chi connectivity index (χ2n) is 3.41. The Hall–Kier alpha value is -1.12. The van der Waals surface area contributed by atoms with E-state index in [0.29, 0.717) is 5.69 Å². The number of carbonyl (C=O) groups is 1. The normalized spacial score (nSPS) is 16.4. The van der Waals surface area contributed by atoms with Crippen LogP contribution in [0.2, 0.25) is 0 Å². The van der Waals surface area contributed by atoms with Crippen molar-refractivity contribution in [1.29, 1.82) is 0 Å². The van der Waals surface area contributed by atoms with Crippen LogP contribution < -0.4 is 5.01 Å². The topological polar surface area (TPSA) is 32.7 Å². The Bertz CT molecular complexity index is 499. The summed E-state index contributed by atoms with van der Waals surface area (Å²) in [6.07, 6.45) is -5.25. The van der Waals surface area contributed by atoms with Gasteiger partial charge in [-0.05, 0) is 40.8 Å². The summed E-state index contributed by atoms with van der Waals surface area (Å²) in [5.41, 5.74) is -0.706. The quantitative estimate of drug-likeness (QED) is 0.714. The minimum Gasteiger partial charge on any atom is -0.272 e. The lowest BCUT2D eigenvalue weighted by molar-refractivity contribution is -0.117. The summed E-state index contributed by atoms with van der Waals surface area (Å²) >= 11 is 2.01. The van der Waals surface area contributed by atoms with Gasteiger partial charge in [-0.15, -0.1) is 0 Å². The molecule has 0 fully saturated rings. The van der Waals surface area contributed by atoms with E-state index in [1.54, 1.807) is 24.3 Å². The fourth-order valence-electron chi connectivity index (χ4n) is 1.40. The van der Waals surface area contributed by atoms with Crippen molar-refractivity contribution in [3.8, 4) is 0 Å². The zero-order chi connectivity index (χ0) is 12.6. The summed E-state index contributed by atoms with van der Waals surface area (Å²) in [6, 6.07) is 6.58. The molecule has 1 aliphatic heterocycles. The molecule has 0 saturated carbocycles. The first-order valence-corrected chi connectivity index (χ1v) is 5.69. The van der Waals surface area contributed by atoms with Crippen LogP contribution >= 0.6 is 22.6 Å². The van der Waals surface area contributed by atoms with Crippen molar-refractivity contribution in [2.45, 2.75) is 12.6 Å². The molecule has 0 unspecified atom stereocenters. The molecule has 17 heavy (non-hydrogen) atoms. The van der Waals surface area contributed by atoms with Gasteiger partial charge in [0.05, 0.1) is 12.1 Å². The summed E-state index contributed by atoms with van der Waals surface area (Å²) in [5, 5.41) is 4.12. The molecular weight excluding hydrogens is 348 g/mol. The van der Waals surface area contributed by atoms with Gasteiger partial charge in [0.2, 0.25) is 0 Å². The third-order valence-electron chi connectivity index (χ3n) is 2.16. The van der Waals surface area contributed by atoms with Gasteiger partial charge in [0, 0.05) is 3.57 Å². The SMILES string of the molecule is O=C1CC(C(F)(F)F)=NN1c1cccc(I)c1. The molecule has 0 aliphatic carbocycles. The van der Waals surface area contributed by atoms with Crippen LogP contribution in [0.5, 0.6) is 0 Å². The number of benzene rings is 1. The second kappa shape index (κ2) is 4.28. The number of alkyl halides is 3. The predicted molar refractivity (Wildman–Crippen MR) is 64.8 cm³/mol. The summed E-state index contributed by atoms with van der Waals surface area (Å²) in [7, 11) is 0. The van der Waals surface area contributed by atoms with Crippen molar-refractivity contribution in [2.75, 3.05) is 5.01 Å². The Morgan fingerprint density at radius 1 is 1.35 bits per heavy atom. The zero-order valence-corrected chi connectivity index (χ0v) is 10.5. The summed E-state index contributed by atoms with van der Waals surface area (Å²) in [6.45, 7) is 0. The molecule has 1 heterocycles. The average Bonchev–Trinajstić information content (AvgIpc) is 2.60. The van der Waals surface area contributed by atoms with E-state index in [4.69, 9.17) is 0 Å². The van der Waals surface area contributed by atoms with E-state index in [1.807, 2.05) is 22.6 Å². The standard InChI is InChI=1S/C10H6F3IN2O/c11-10(12,13)8-5-9(17)16(15-8)7-3-1-2-6(14)4-7/h1-4H,5H2. The molecular formula is C10H6F3IN2O. The van der Waals surface area contributed by atoms with E-state index in [2.05, 4.69) is 5.10 Å². The number of nitrogens with zero attached hydrogens (tertiary/aromatic N) is 2. The number of hydrazone groups is 1. The number of hydrogen-bond donors (Lipinski definition) is 0. The Balaban J connectivity index is 2.34. The van der Waals surface area contributed by atoms with Crippen LogP contribution in [0.15, 0.2) is 29.4 Å². The highest BCUT2D eigenvalue weighted by atomic mass is 127. The highest BCUT2D eigenvalue weighted by molar-refractivity contribution is 14.1. The zero-order valence-electron chi connectivity index (χ0n) is 8.33. The molecule has 7 heteroatoms. The highest BCUT2D eigenvalue weighted by Gasteiger charge is 2.42. The smallest absolute Gasteiger partial charge is 0.272 e. The summed E-state index contributed by atoms with van der Waals surface area (Å²) in [4.78, 5) is 11.5. The van der Waals surface area contributed by atoms with E-state index < -0.39 is 24.2 Å². The van der Waals surface area contributed by atoms with Crippen LogP contribution in [-0.4, -0.2) is 17.8 Å². The average molecular weight is 354 g/mol. The Morgan fingerprint density at radius 3 is 2.59 bits per heavy atom.